The van der Waals surface area contributed by atoms with Crippen molar-refractivity contribution in [2.24, 2.45) is 0 Å². The average Bonchev–Trinajstić information content (AvgIpc) is 2.92. The Balaban J connectivity index is 2.24. The van der Waals surface area contributed by atoms with E-state index in [9.17, 15) is 9.18 Å². The predicted molar refractivity (Wildman–Crippen MR) is 70.3 cm³/mol. The van der Waals surface area contributed by atoms with Crippen LogP contribution in [0.1, 0.15) is 18.5 Å². The van der Waals surface area contributed by atoms with Gasteiger partial charge in [0.05, 0.1) is 6.04 Å². The summed E-state index contributed by atoms with van der Waals surface area (Å²) in [6.07, 6.45) is 4.44. The number of amides is 1. The second-order valence-corrected chi connectivity index (χ2v) is 4.10. The second-order valence-electron chi connectivity index (χ2n) is 4.10. The van der Waals surface area contributed by atoms with Crippen LogP contribution >= 0.6 is 0 Å². The minimum absolute atomic E-state index is 0.285. The van der Waals surface area contributed by atoms with Gasteiger partial charge in [-0.3, -0.25) is 4.79 Å². The number of carbonyl (C=O) groups is 1. The lowest BCUT2D eigenvalue weighted by Crippen LogP contribution is -2.24. The van der Waals surface area contributed by atoms with Crippen LogP contribution in [0.15, 0.2) is 49.3 Å². The highest BCUT2D eigenvalue weighted by molar-refractivity contribution is 5.87. The van der Waals surface area contributed by atoms with Crippen LogP contribution in [0.25, 0.3) is 5.69 Å². The molecule has 0 spiro atoms. The number of benzene rings is 1. The molecule has 1 N–H and O–H groups in total. The normalized spacial score (nSPS) is 11.9. The lowest BCUT2D eigenvalue weighted by molar-refractivity contribution is -0.117. The molecule has 1 aromatic carbocycles. The van der Waals surface area contributed by atoms with Crippen LogP contribution in [0.4, 0.5) is 4.39 Å². The van der Waals surface area contributed by atoms with Crippen molar-refractivity contribution < 1.29 is 9.18 Å². The van der Waals surface area contributed by atoms with Gasteiger partial charge in [-0.05, 0) is 36.8 Å². The second kappa shape index (κ2) is 5.48. The number of aromatic nitrogens is 2. The zero-order valence-corrected chi connectivity index (χ0v) is 10.5. The maximum absolute atomic E-state index is 14.0. The highest BCUT2D eigenvalue weighted by Crippen LogP contribution is 2.19. The van der Waals surface area contributed by atoms with E-state index in [1.165, 1.54) is 16.8 Å². The lowest BCUT2D eigenvalue weighted by Gasteiger charge is -2.14. The Bertz CT molecular complexity index is 593. The Labute approximate surface area is 110 Å². The van der Waals surface area contributed by atoms with Gasteiger partial charge in [-0.1, -0.05) is 12.6 Å². The Morgan fingerprint density at radius 2 is 2.37 bits per heavy atom. The van der Waals surface area contributed by atoms with E-state index >= 15 is 0 Å². The van der Waals surface area contributed by atoms with Gasteiger partial charge in [0.2, 0.25) is 5.91 Å². The van der Waals surface area contributed by atoms with Crippen LogP contribution in [-0.2, 0) is 4.79 Å². The molecule has 0 aliphatic carbocycles. The van der Waals surface area contributed by atoms with E-state index in [1.807, 2.05) is 0 Å². The molecule has 0 saturated heterocycles. The zero-order chi connectivity index (χ0) is 13.8. The fourth-order valence-corrected chi connectivity index (χ4v) is 1.75. The topological polar surface area (TPSA) is 46.9 Å². The van der Waals surface area contributed by atoms with Crippen LogP contribution in [-0.4, -0.2) is 15.7 Å². The van der Waals surface area contributed by atoms with Crippen molar-refractivity contribution in [2.75, 3.05) is 0 Å². The third-order valence-corrected chi connectivity index (χ3v) is 2.77. The molecule has 0 fully saturated rings. The summed E-state index contributed by atoms with van der Waals surface area (Å²) in [5, 5.41) is 6.66. The summed E-state index contributed by atoms with van der Waals surface area (Å²) in [5.74, 6) is -0.676. The molecular weight excluding hydrogens is 245 g/mol. The molecule has 2 rings (SSSR count). The fourth-order valence-electron chi connectivity index (χ4n) is 1.75. The van der Waals surface area contributed by atoms with E-state index in [1.54, 1.807) is 37.5 Å². The first-order chi connectivity index (χ1) is 9.11. The zero-order valence-electron chi connectivity index (χ0n) is 10.5. The largest absolute Gasteiger partial charge is 0.346 e. The summed E-state index contributed by atoms with van der Waals surface area (Å²) in [5.41, 5.74) is 1.06. The molecule has 4 nitrogen and oxygen atoms in total. The molecule has 0 unspecified atom stereocenters. The maximum atomic E-state index is 14.0. The van der Waals surface area contributed by atoms with Crippen LogP contribution < -0.4 is 5.32 Å². The van der Waals surface area contributed by atoms with Crippen LogP contribution in [0.5, 0.6) is 0 Å². The minimum Gasteiger partial charge on any atom is -0.346 e. The molecule has 0 radical (unpaired) electrons. The van der Waals surface area contributed by atoms with Gasteiger partial charge in [0.25, 0.3) is 0 Å². The first-order valence-corrected chi connectivity index (χ1v) is 5.84. The molecule has 2 aromatic rings. The first kappa shape index (κ1) is 13.0. The monoisotopic (exact) mass is 259 g/mol. The molecule has 0 aliphatic heterocycles. The van der Waals surface area contributed by atoms with Crippen molar-refractivity contribution in [2.45, 2.75) is 13.0 Å². The van der Waals surface area contributed by atoms with E-state index < -0.39 is 0 Å². The van der Waals surface area contributed by atoms with Crippen molar-refractivity contribution in [1.29, 1.82) is 0 Å². The van der Waals surface area contributed by atoms with Gasteiger partial charge >= 0.3 is 0 Å². The summed E-state index contributed by atoms with van der Waals surface area (Å²) >= 11 is 0. The smallest absolute Gasteiger partial charge is 0.243 e. The number of hydrogen-bond donors (Lipinski definition) is 1. The standard InChI is InChI=1S/C14H14FN3O/c1-3-14(19)17-10(2)11-5-6-13(12(15)9-11)18-8-4-7-16-18/h3-10H,1H2,2H3,(H,17,19)/t10-/m0/s1. The van der Waals surface area contributed by atoms with Gasteiger partial charge in [-0.25, -0.2) is 9.07 Å². The number of nitrogens with zero attached hydrogens (tertiary/aromatic N) is 2. The Kier molecular flexibility index (Phi) is 3.75. The highest BCUT2D eigenvalue weighted by atomic mass is 19.1. The average molecular weight is 259 g/mol. The first-order valence-electron chi connectivity index (χ1n) is 5.84. The molecule has 98 valence electrons. The Morgan fingerprint density at radius 1 is 1.58 bits per heavy atom. The molecule has 1 aromatic heterocycles. The van der Waals surface area contributed by atoms with E-state index in [4.69, 9.17) is 0 Å². The molecule has 1 atom stereocenters. The number of halogens is 1. The SMILES string of the molecule is C=CC(=O)N[C@@H](C)c1ccc(-n2cccn2)c(F)c1. The number of carbonyl (C=O) groups excluding carboxylic acids is 1. The lowest BCUT2D eigenvalue weighted by atomic mass is 10.1. The third-order valence-electron chi connectivity index (χ3n) is 2.77. The van der Waals surface area contributed by atoms with Crippen molar-refractivity contribution in [1.82, 2.24) is 15.1 Å². The Hall–Kier alpha value is -2.43. The van der Waals surface area contributed by atoms with Crippen molar-refractivity contribution in [3.63, 3.8) is 0 Å². The molecule has 1 amide bonds. The van der Waals surface area contributed by atoms with Gasteiger partial charge in [-0.15, -0.1) is 0 Å². The van der Waals surface area contributed by atoms with E-state index in [2.05, 4.69) is 17.0 Å². The number of hydrogen-bond acceptors (Lipinski definition) is 2. The fraction of sp³-hybridized carbons (Fsp3) is 0.143. The van der Waals surface area contributed by atoms with Crippen molar-refractivity contribution in [3.05, 3.63) is 60.7 Å². The van der Waals surface area contributed by atoms with Crippen LogP contribution in [0.3, 0.4) is 0 Å². The summed E-state index contributed by atoms with van der Waals surface area (Å²) in [4.78, 5) is 11.2. The van der Waals surface area contributed by atoms with E-state index in [-0.39, 0.29) is 17.8 Å². The van der Waals surface area contributed by atoms with Gasteiger partial charge in [-0.2, -0.15) is 5.10 Å². The summed E-state index contributed by atoms with van der Waals surface area (Å²) in [6, 6.07) is 6.22. The number of rotatable bonds is 4. The molecule has 5 heteroatoms. The highest BCUT2D eigenvalue weighted by Gasteiger charge is 2.11. The van der Waals surface area contributed by atoms with Gasteiger partial charge in [0.1, 0.15) is 11.5 Å². The van der Waals surface area contributed by atoms with Gasteiger partial charge in [0, 0.05) is 12.4 Å². The summed E-state index contributed by atoms with van der Waals surface area (Å²) in [7, 11) is 0. The summed E-state index contributed by atoms with van der Waals surface area (Å²) < 4.78 is 15.4. The third kappa shape index (κ3) is 2.88. The van der Waals surface area contributed by atoms with Crippen molar-refractivity contribution in [3.8, 4) is 5.69 Å². The number of nitrogens with one attached hydrogen (secondary N) is 1. The molecule has 0 aliphatic rings. The Morgan fingerprint density at radius 3 is 2.95 bits per heavy atom. The van der Waals surface area contributed by atoms with E-state index in [0.717, 1.165) is 0 Å². The summed E-state index contributed by atoms with van der Waals surface area (Å²) in [6.45, 7) is 5.16. The maximum Gasteiger partial charge on any atom is 0.243 e. The molecule has 0 saturated carbocycles. The van der Waals surface area contributed by atoms with Crippen LogP contribution in [0, 0.1) is 5.82 Å². The molecule has 19 heavy (non-hydrogen) atoms. The van der Waals surface area contributed by atoms with Crippen LogP contribution in [0.2, 0.25) is 0 Å². The molecule has 0 bridgehead atoms. The molecular formula is C14H14FN3O. The quantitative estimate of drug-likeness (QED) is 0.857. The van der Waals surface area contributed by atoms with Gasteiger partial charge in [0.15, 0.2) is 0 Å². The van der Waals surface area contributed by atoms with Crippen molar-refractivity contribution >= 4 is 5.91 Å². The van der Waals surface area contributed by atoms with Gasteiger partial charge < -0.3 is 5.32 Å². The van der Waals surface area contributed by atoms with E-state index in [0.29, 0.717) is 11.3 Å². The predicted octanol–water partition coefficient (Wildman–Crippen LogP) is 2.37. The molecule has 1 heterocycles. The minimum atomic E-state index is -0.388.